The fourth-order valence-electron chi connectivity index (χ4n) is 1.44. The molecule has 0 spiro atoms. The van der Waals surface area contributed by atoms with Crippen LogP contribution in [0, 0.1) is 37.7 Å². The summed E-state index contributed by atoms with van der Waals surface area (Å²) in [5.74, 6) is -4.23. The van der Waals surface area contributed by atoms with E-state index in [0.717, 1.165) is 6.07 Å². The van der Waals surface area contributed by atoms with Crippen molar-refractivity contribution in [2.75, 3.05) is 11.5 Å². The van der Waals surface area contributed by atoms with E-state index in [-0.39, 0.29) is 57.7 Å². The quantitative estimate of drug-likeness (QED) is 0.237. The maximum absolute atomic E-state index is 12.5. The Kier molecular flexibility index (Phi) is 13.3. The molecular formula is C12H11F3N4O6Re2. The summed E-state index contributed by atoms with van der Waals surface area (Å²) in [5, 5.41) is 29.0. The Hall–Kier alpha value is -2.29. The second-order valence-corrected chi connectivity index (χ2v) is 4.20. The third kappa shape index (κ3) is 7.86. The Bertz CT molecular complexity index is 761. The number of nitro groups is 2. The first-order chi connectivity index (χ1) is 11.0. The van der Waals surface area contributed by atoms with Gasteiger partial charge in [0.05, 0.1) is 22.0 Å². The van der Waals surface area contributed by atoms with Crippen LogP contribution in [0.3, 0.4) is 0 Å². The number of hydrogen-bond acceptors (Lipinski definition) is 7. The first kappa shape index (κ1) is 29.5. The molecule has 0 aliphatic carbocycles. The maximum Gasteiger partial charge on any atom is 0.295 e. The summed E-state index contributed by atoms with van der Waals surface area (Å²) in [7, 11) is 0. The second kappa shape index (κ2) is 12.2. The number of anilines is 2. The summed E-state index contributed by atoms with van der Waals surface area (Å²) in [6.45, 7) is 0. The van der Waals surface area contributed by atoms with Gasteiger partial charge in [-0.1, -0.05) is 0 Å². The van der Waals surface area contributed by atoms with Gasteiger partial charge in [-0.25, -0.2) is 13.2 Å². The summed E-state index contributed by atoms with van der Waals surface area (Å²) in [6, 6.07) is 2.40. The topological polar surface area (TPSA) is 190 Å². The molecular weight excluding hydrogens is 726 g/mol. The molecule has 0 aliphatic heterocycles. The molecule has 0 saturated carbocycles. The number of benzene rings is 2. The monoisotopic (exact) mass is 738 g/mol. The number of rotatable bonds is 2. The minimum Gasteiger partial charge on any atom is -0.505 e. The van der Waals surface area contributed by atoms with E-state index in [2.05, 4.69) is 0 Å². The number of aromatic hydroxyl groups is 1. The second-order valence-electron chi connectivity index (χ2n) is 4.20. The fraction of sp³-hybridized carbons (Fsp3) is 0. The molecule has 0 atom stereocenters. The Morgan fingerprint density at radius 3 is 1.52 bits per heavy atom. The number of nitrogen functional groups attached to an aromatic ring is 2. The van der Waals surface area contributed by atoms with Gasteiger partial charge in [0.1, 0.15) is 11.4 Å². The Morgan fingerprint density at radius 1 is 0.778 bits per heavy atom. The van der Waals surface area contributed by atoms with E-state index < -0.39 is 44.4 Å². The van der Waals surface area contributed by atoms with Crippen LogP contribution in [0.5, 0.6) is 5.75 Å². The Balaban J connectivity index is -0.000000384. The van der Waals surface area contributed by atoms with Gasteiger partial charge in [0, 0.05) is 53.0 Å². The molecule has 0 bridgehead atoms. The minimum absolute atomic E-state index is 0. The third-order valence-corrected chi connectivity index (χ3v) is 2.56. The van der Waals surface area contributed by atoms with Gasteiger partial charge in [-0.3, -0.25) is 20.2 Å². The van der Waals surface area contributed by atoms with Crippen LogP contribution in [-0.2, 0) is 40.8 Å². The zero-order valence-electron chi connectivity index (χ0n) is 12.8. The summed E-state index contributed by atoms with van der Waals surface area (Å²) in [5.41, 5.74) is 8.33. The largest absolute Gasteiger partial charge is 0.505 e. The minimum atomic E-state index is -1.28. The number of nitro benzene ring substituents is 2. The van der Waals surface area contributed by atoms with E-state index in [9.17, 15) is 33.4 Å². The predicted molar refractivity (Wildman–Crippen MR) is 80.2 cm³/mol. The molecule has 0 aliphatic rings. The van der Waals surface area contributed by atoms with Gasteiger partial charge in [0.2, 0.25) is 0 Å². The van der Waals surface area contributed by atoms with Gasteiger partial charge in [0.25, 0.3) is 11.4 Å². The summed E-state index contributed by atoms with van der Waals surface area (Å²) in [4.78, 5) is 18.6. The SMILES string of the molecule is Nc1cc(F)c(F)cc1[N+](=O)[O-].Nc1cc(O)c(F)cc1[N+](=O)[O-].O.[Re].[Re]. The van der Waals surface area contributed by atoms with Gasteiger partial charge in [-0.05, 0) is 0 Å². The number of phenols is 1. The number of phenolic OH excluding ortho intramolecular Hbond substituents is 1. The van der Waals surface area contributed by atoms with E-state index in [4.69, 9.17) is 16.6 Å². The third-order valence-electron chi connectivity index (χ3n) is 2.56. The van der Waals surface area contributed by atoms with Crippen molar-refractivity contribution in [3.8, 4) is 5.75 Å². The Morgan fingerprint density at radius 2 is 1.11 bits per heavy atom. The molecule has 27 heavy (non-hydrogen) atoms. The number of halogens is 3. The average Bonchev–Trinajstić information content (AvgIpc) is 2.46. The summed E-state index contributed by atoms with van der Waals surface area (Å²) < 4.78 is 37.2. The van der Waals surface area contributed by atoms with Gasteiger partial charge >= 0.3 is 0 Å². The normalized spacial score (nSPS) is 8.70. The number of nitrogens with two attached hydrogens (primary N) is 2. The van der Waals surface area contributed by atoms with E-state index >= 15 is 0 Å². The summed E-state index contributed by atoms with van der Waals surface area (Å²) >= 11 is 0. The van der Waals surface area contributed by atoms with Crippen molar-refractivity contribution in [3.63, 3.8) is 0 Å². The van der Waals surface area contributed by atoms with Crippen LogP contribution in [0.15, 0.2) is 24.3 Å². The molecule has 2 radical (unpaired) electrons. The molecule has 0 amide bonds. The standard InChI is InChI=1S/C6H4F2N2O2.C6H5FN2O3.H2O.2Re/c7-3-1-5(9)6(10(11)12)2-4(3)8;7-3-1-5(9(11)12)4(8)2-6(3)10;;;/h1-2H,9H2;1-2,10H,8H2;1H2;;. The smallest absolute Gasteiger partial charge is 0.295 e. The van der Waals surface area contributed by atoms with Gasteiger partial charge < -0.3 is 22.1 Å². The molecule has 0 heterocycles. The van der Waals surface area contributed by atoms with Crippen molar-refractivity contribution in [2.24, 2.45) is 0 Å². The van der Waals surface area contributed by atoms with Crippen LogP contribution in [0.1, 0.15) is 0 Å². The van der Waals surface area contributed by atoms with Gasteiger partial charge in [-0.15, -0.1) is 0 Å². The molecule has 15 heteroatoms. The van der Waals surface area contributed by atoms with Crippen LogP contribution in [0.25, 0.3) is 0 Å². The van der Waals surface area contributed by atoms with Gasteiger partial charge in [0.15, 0.2) is 23.2 Å². The van der Waals surface area contributed by atoms with E-state index in [1.807, 2.05) is 0 Å². The number of hydrogen-bond donors (Lipinski definition) is 3. The van der Waals surface area contributed by atoms with Crippen molar-refractivity contribution in [1.29, 1.82) is 0 Å². The van der Waals surface area contributed by atoms with Gasteiger partial charge in [-0.2, -0.15) is 0 Å². The van der Waals surface area contributed by atoms with E-state index in [0.29, 0.717) is 18.2 Å². The first-order valence-electron chi connectivity index (χ1n) is 5.85. The molecule has 150 valence electrons. The zero-order chi connectivity index (χ0) is 18.6. The molecule has 0 saturated heterocycles. The van der Waals surface area contributed by atoms with Crippen molar-refractivity contribution in [2.45, 2.75) is 0 Å². The van der Waals surface area contributed by atoms with Crippen molar-refractivity contribution >= 4 is 22.7 Å². The number of nitrogens with zero attached hydrogens (tertiary/aromatic N) is 2. The van der Waals surface area contributed by atoms with Crippen molar-refractivity contribution < 1.29 is 74.4 Å². The van der Waals surface area contributed by atoms with Crippen LogP contribution in [0.4, 0.5) is 35.9 Å². The molecule has 0 aromatic heterocycles. The maximum atomic E-state index is 12.5. The Labute approximate surface area is 176 Å². The van der Waals surface area contributed by atoms with Crippen LogP contribution in [0.2, 0.25) is 0 Å². The molecule has 2 rings (SSSR count). The summed E-state index contributed by atoms with van der Waals surface area (Å²) in [6.07, 6.45) is 0. The molecule has 7 N–H and O–H groups in total. The van der Waals surface area contributed by atoms with Crippen LogP contribution in [-0.4, -0.2) is 20.4 Å². The molecule has 2 aromatic rings. The predicted octanol–water partition coefficient (Wildman–Crippen LogP) is 1.65. The zero-order valence-corrected chi connectivity index (χ0v) is 18.3. The van der Waals surface area contributed by atoms with Crippen molar-refractivity contribution in [3.05, 3.63) is 61.9 Å². The molecule has 0 fully saturated rings. The molecule has 2 aromatic carbocycles. The van der Waals surface area contributed by atoms with E-state index in [1.165, 1.54) is 0 Å². The molecule has 0 unspecified atom stereocenters. The van der Waals surface area contributed by atoms with E-state index in [1.54, 1.807) is 0 Å². The molecule has 10 nitrogen and oxygen atoms in total. The fourth-order valence-corrected chi connectivity index (χ4v) is 1.44. The van der Waals surface area contributed by atoms with Crippen LogP contribution >= 0.6 is 0 Å². The first-order valence-corrected chi connectivity index (χ1v) is 5.85. The van der Waals surface area contributed by atoms with Crippen molar-refractivity contribution in [1.82, 2.24) is 0 Å². The van der Waals surface area contributed by atoms with Crippen LogP contribution < -0.4 is 11.5 Å². The average molecular weight is 737 g/mol.